The van der Waals surface area contributed by atoms with Gasteiger partial charge in [-0.3, -0.25) is 4.79 Å². The van der Waals surface area contributed by atoms with Crippen LogP contribution in [0.5, 0.6) is 0 Å². The molecule has 0 aromatic heterocycles. The second-order valence-electron chi connectivity index (χ2n) is 4.69. The van der Waals surface area contributed by atoms with Gasteiger partial charge in [0.2, 0.25) is 5.91 Å². The van der Waals surface area contributed by atoms with Gasteiger partial charge in [0.1, 0.15) is 5.82 Å². The number of rotatable bonds is 3. The molecule has 1 aromatic rings. The maximum absolute atomic E-state index is 13.0. The third-order valence-corrected chi connectivity index (χ3v) is 4.06. The van der Waals surface area contributed by atoms with Crippen molar-refractivity contribution in [3.63, 3.8) is 0 Å². The highest BCUT2D eigenvalue weighted by Gasteiger charge is 2.34. The van der Waals surface area contributed by atoms with E-state index in [0.717, 1.165) is 25.3 Å². The standard InChI is InChI=1S/C12H13BrClFN2O/c13-8-4-7(15)5-9(14)11(8)17-10(18)6-12(16)2-1-3-12/h4-5H,1-3,6,16H2,(H,17,18). The highest BCUT2D eigenvalue weighted by molar-refractivity contribution is 9.10. The van der Waals surface area contributed by atoms with Crippen LogP contribution in [0.3, 0.4) is 0 Å². The van der Waals surface area contributed by atoms with Gasteiger partial charge < -0.3 is 11.1 Å². The van der Waals surface area contributed by atoms with E-state index >= 15 is 0 Å². The average molecular weight is 336 g/mol. The molecule has 6 heteroatoms. The molecule has 0 radical (unpaired) electrons. The summed E-state index contributed by atoms with van der Waals surface area (Å²) >= 11 is 9.05. The van der Waals surface area contributed by atoms with Crippen LogP contribution in [0.4, 0.5) is 10.1 Å². The molecular formula is C12H13BrClFN2O. The molecule has 1 aliphatic carbocycles. The second-order valence-corrected chi connectivity index (χ2v) is 5.95. The summed E-state index contributed by atoms with van der Waals surface area (Å²) in [5.74, 6) is -0.662. The van der Waals surface area contributed by atoms with Crippen LogP contribution in [0.15, 0.2) is 16.6 Å². The quantitative estimate of drug-likeness (QED) is 0.889. The number of halogens is 3. The Labute approximate surface area is 118 Å². The van der Waals surface area contributed by atoms with Gasteiger partial charge in [0.05, 0.1) is 10.7 Å². The van der Waals surface area contributed by atoms with Gasteiger partial charge in [0, 0.05) is 16.4 Å². The van der Waals surface area contributed by atoms with Gasteiger partial charge in [0.25, 0.3) is 0 Å². The summed E-state index contributed by atoms with van der Waals surface area (Å²) in [6.07, 6.45) is 3.04. The van der Waals surface area contributed by atoms with Gasteiger partial charge in [0.15, 0.2) is 0 Å². The van der Waals surface area contributed by atoms with Crippen LogP contribution >= 0.6 is 27.5 Å². The highest BCUT2D eigenvalue weighted by atomic mass is 79.9. The zero-order chi connectivity index (χ0) is 13.3. The summed E-state index contributed by atoms with van der Waals surface area (Å²) in [7, 11) is 0. The molecule has 98 valence electrons. The summed E-state index contributed by atoms with van der Waals surface area (Å²) in [4.78, 5) is 11.8. The molecule has 0 atom stereocenters. The first-order valence-corrected chi connectivity index (χ1v) is 6.80. The van der Waals surface area contributed by atoms with E-state index in [1.165, 1.54) is 6.07 Å². The minimum Gasteiger partial charge on any atom is -0.325 e. The van der Waals surface area contributed by atoms with E-state index in [9.17, 15) is 9.18 Å². The number of anilines is 1. The number of hydrogen-bond donors (Lipinski definition) is 2. The average Bonchev–Trinajstić information content (AvgIpc) is 2.21. The van der Waals surface area contributed by atoms with Crippen molar-refractivity contribution in [1.82, 2.24) is 0 Å². The fourth-order valence-electron chi connectivity index (χ4n) is 1.97. The Kier molecular flexibility index (Phi) is 3.94. The lowest BCUT2D eigenvalue weighted by atomic mass is 9.75. The Morgan fingerprint density at radius 2 is 2.22 bits per heavy atom. The number of hydrogen-bond acceptors (Lipinski definition) is 2. The number of amides is 1. The SMILES string of the molecule is NC1(CC(=O)Nc2c(Cl)cc(F)cc2Br)CCC1. The molecule has 0 bridgehead atoms. The summed E-state index contributed by atoms with van der Waals surface area (Å²) in [5.41, 5.74) is 5.99. The molecule has 1 saturated carbocycles. The van der Waals surface area contributed by atoms with Crippen LogP contribution < -0.4 is 11.1 Å². The summed E-state index contributed by atoms with van der Waals surface area (Å²) in [6.45, 7) is 0. The second kappa shape index (κ2) is 5.15. The maximum atomic E-state index is 13.0. The monoisotopic (exact) mass is 334 g/mol. The topological polar surface area (TPSA) is 55.1 Å². The normalized spacial score (nSPS) is 17.1. The van der Waals surface area contributed by atoms with Crippen molar-refractivity contribution in [3.05, 3.63) is 27.4 Å². The minimum absolute atomic E-state index is 0.162. The molecule has 1 fully saturated rings. The van der Waals surface area contributed by atoms with Gasteiger partial charge in [-0.2, -0.15) is 0 Å². The first kappa shape index (κ1) is 13.8. The van der Waals surface area contributed by atoms with Crippen molar-refractivity contribution < 1.29 is 9.18 Å². The van der Waals surface area contributed by atoms with Gasteiger partial charge in [-0.15, -0.1) is 0 Å². The third-order valence-electron chi connectivity index (χ3n) is 3.13. The number of nitrogens with one attached hydrogen (secondary N) is 1. The van der Waals surface area contributed by atoms with Crippen LogP contribution in [0.1, 0.15) is 25.7 Å². The van der Waals surface area contributed by atoms with Gasteiger partial charge in [-0.05, 0) is 47.3 Å². The summed E-state index contributed by atoms with van der Waals surface area (Å²) in [5, 5.41) is 2.83. The molecule has 0 saturated heterocycles. The summed E-state index contributed by atoms with van der Waals surface area (Å²) in [6, 6.07) is 2.41. The molecule has 0 aliphatic heterocycles. The van der Waals surface area contributed by atoms with Crippen LogP contribution in [0.2, 0.25) is 5.02 Å². The third kappa shape index (κ3) is 3.02. The lowest BCUT2D eigenvalue weighted by Gasteiger charge is -2.37. The predicted molar refractivity (Wildman–Crippen MR) is 73.1 cm³/mol. The van der Waals surface area contributed by atoms with Crippen LogP contribution in [0, 0.1) is 5.82 Å². The van der Waals surface area contributed by atoms with E-state index in [-0.39, 0.29) is 22.9 Å². The molecule has 1 aromatic carbocycles. The lowest BCUT2D eigenvalue weighted by Crippen LogP contribution is -2.48. The molecule has 0 spiro atoms. The number of carbonyl (C=O) groups excluding carboxylic acids is 1. The van der Waals surface area contributed by atoms with Crippen molar-refractivity contribution in [3.8, 4) is 0 Å². The molecule has 1 aliphatic rings. The zero-order valence-electron chi connectivity index (χ0n) is 9.60. The predicted octanol–water partition coefficient (Wildman–Crippen LogP) is 3.45. The molecular weight excluding hydrogens is 323 g/mol. The smallest absolute Gasteiger partial charge is 0.226 e. The largest absolute Gasteiger partial charge is 0.325 e. The van der Waals surface area contributed by atoms with E-state index in [1.807, 2.05) is 0 Å². The number of benzene rings is 1. The Morgan fingerprint density at radius 3 is 2.72 bits per heavy atom. The molecule has 3 N–H and O–H groups in total. The van der Waals surface area contributed by atoms with Gasteiger partial charge in [-0.1, -0.05) is 11.6 Å². The molecule has 0 heterocycles. The van der Waals surface area contributed by atoms with E-state index in [0.29, 0.717) is 10.2 Å². The lowest BCUT2D eigenvalue weighted by molar-refractivity contribution is -0.118. The fraction of sp³-hybridized carbons (Fsp3) is 0.417. The van der Waals surface area contributed by atoms with E-state index in [2.05, 4.69) is 21.2 Å². The Bertz CT molecular complexity index is 468. The Balaban J connectivity index is 2.07. The molecule has 2 rings (SSSR count). The number of nitrogens with two attached hydrogens (primary N) is 1. The zero-order valence-corrected chi connectivity index (χ0v) is 11.9. The highest BCUT2D eigenvalue weighted by Crippen LogP contribution is 2.34. The molecule has 1 amide bonds. The minimum atomic E-state index is -0.459. The molecule has 18 heavy (non-hydrogen) atoms. The fourth-order valence-corrected chi connectivity index (χ4v) is 2.87. The van der Waals surface area contributed by atoms with Crippen molar-refractivity contribution in [2.45, 2.75) is 31.2 Å². The first-order chi connectivity index (χ1) is 8.39. The maximum Gasteiger partial charge on any atom is 0.226 e. The van der Waals surface area contributed by atoms with Gasteiger partial charge >= 0.3 is 0 Å². The van der Waals surface area contributed by atoms with Crippen molar-refractivity contribution in [2.24, 2.45) is 5.73 Å². The Hall–Kier alpha value is -0.650. The van der Waals surface area contributed by atoms with E-state index in [1.54, 1.807) is 0 Å². The summed E-state index contributed by atoms with van der Waals surface area (Å²) < 4.78 is 13.5. The van der Waals surface area contributed by atoms with Crippen molar-refractivity contribution >= 4 is 39.1 Å². The van der Waals surface area contributed by atoms with Crippen molar-refractivity contribution in [2.75, 3.05) is 5.32 Å². The van der Waals surface area contributed by atoms with Gasteiger partial charge in [-0.25, -0.2) is 4.39 Å². The molecule has 3 nitrogen and oxygen atoms in total. The van der Waals surface area contributed by atoms with Crippen LogP contribution in [-0.4, -0.2) is 11.4 Å². The van der Waals surface area contributed by atoms with Crippen LogP contribution in [0.25, 0.3) is 0 Å². The van der Waals surface area contributed by atoms with E-state index in [4.69, 9.17) is 17.3 Å². The molecule has 0 unspecified atom stereocenters. The van der Waals surface area contributed by atoms with E-state index < -0.39 is 5.82 Å². The van der Waals surface area contributed by atoms with Crippen LogP contribution in [-0.2, 0) is 4.79 Å². The number of carbonyl (C=O) groups is 1. The Morgan fingerprint density at radius 1 is 1.56 bits per heavy atom. The van der Waals surface area contributed by atoms with Crippen molar-refractivity contribution in [1.29, 1.82) is 0 Å². The first-order valence-electron chi connectivity index (χ1n) is 5.63.